The zero-order chi connectivity index (χ0) is 7.28. The summed E-state index contributed by atoms with van der Waals surface area (Å²) in [4.78, 5) is 0. The van der Waals surface area contributed by atoms with Crippen molar-refractivity contribution in [3.05, 3.63) is 0 Å². The lowest BCUT2D eigenvalue weighted by Gasteiger charge is -2.10. The van der Waals surface area contributed by atoms with E-state index in [1.165, 1.54) is 0 Å². The van der Waals surface area contributed by atoms with Gasteiger partial charge < -0.3 is 20.1 Å². The average molecular weight is 136 g/mol. The lowest BCUT2D eigenvalue weighted by atomic mass is 10.4. The molecule has 1 atom stereocenters. The normalized spacial score (nSPS) is 14.3. The number of rotatable bonds is 4. The second kappa shape index (κ2) is 4.69. The Morgan fingerprint density at radius 1 is 1.33 bits per heavy atom. The minimum Gasteiger partial charge on any atom is -0.385 e. The van der Waals surface area contributed by atoms with E-state index in [2.05, 4.69) is 4.74 Å². The Labute approximate surface area is 53.7 Å². The molecule has 0 aromatic heterocycles. The first kappa shape index (κ1) is 8.84. The average Bonchev–Trinajstić information content (AvgIpc) is 1.82. The van der Waals surface area contributed by atoms with Crippen LogP contribution in [0.5, 0.6) is 0 Å². The van der Waals surface area contributed by atoms with Gasteiger partial charge in [-0.2, -0.15) is 0 Å². The van der Waals surface area contributed by atoms with Crippen LogP contribution in [-0.2, 0) is 4.74 Å². The third-order valence-electron chi connectivity index (χ3n) is 0.837. The van der Waals surface area contributed by atoms with Crippen molar-refractivity contribution in [3.63, 3.8) is 0 Å². The SMILES string of the molecule is CCOCC(O)C(O)O. The Balaban J connectivity index is 3.16. The Morgan fingerprint density at radius 3 is 2.22 bits per heavy atom. The maximum atomic E-state index is 8.63. The van der Waals surface area contributed by atoms with E-state index in [0.29, 0.717) is 6.61 Å². The lowest BCUT2D eigenvalue weighted by Crippen LogP contribution is -2.29. The van der Waals surface area contributed by atoms with E-state index in [1.807, 2.05) is 0 Å². The highest BCUT2D eigenvalue weighted by atomic mass is 16.5. The quantitative estimate of drug-likeness (QED) is 0.420. The second-order valence-corrected chi connectivity index (χ2v) is 1.64. The summed E-state index contributed by atoms with van der Waals surface area (Å²) < 4.78 is 4.69. The Morgan fingerprint density at radius 2 is 1.89 bits per heavy atom. The van der Waals surface area contributed by atoms with E-state index in [0.717, 1.165) is 0 Å². The first-order chi connectivity index (χ1) is 4.18. The molecule has 0 heterocycles. The number of ether oxygens (including phenoxy) is 1. The van der Waals surface area contributed by atoms with Gasteiger partial charge in [-0.3, -0.25) is 0 Å². The second-order valence-electron chi connectivity index (χ2n) is 1.64. The van der Waals surface area contributed by atoms with Crippen LogP contribution in [0.1, 0.15) is 6.92 Å². The van der Waals surface area contributed by atoms with Gasteiger partial charge in [-0.25, -0.2) is 0 Å². The van der Waals surface area contributed by atoms with Crippen molar-refractivity contribution >= 4 is 0 Å². The van der Waals surface area contributed by atoms with Gasteiger partial charge in [-0.1, -0.05) is 0 Å². The predicted octanol–water partition coefficient (Wildman–Crippen LogP) is -1.31. The summed E-state index contributed by atoms with van der Waals surface area (Å²) in [7, 11) is 0. The summed E-state index contributed by atoms with van der Waals surface area (Å²) >= 11 is 0. The molecule has 0 radical (unpaired) electrons. The van der Waals surface area contributed by atoms with E-state index < -0.39 is 12.4 Å². The fourth-order valence-corrected chi connectivity index (χ4v) is 0.325. The molecule has 0 amide bonds. The van der Waals surface area contributed by atoms with Crippen molar-refractivity contribution in [2.24, 2.45) is 0 Å². The monoisotopic (exact) mass is 136 g/mol. The number of hydrogen-bond acceptors (Lipinski definition) is 4. The van der Waals surface area contributed by atoms with E-state index >= 15 is 0 Å². The Bertz CT molecular complexity index is 64.0. The molecule has 0 aliphatic carbocycles. The summed E-state index contributed by atoms with van der Waals surface area (Å²) in [6.07, 6.45) is -2.89. The summed E-state index contributed by atoms with van der Waals surface area (Å²) in [6.45, 7) is 2.19. The van der Waals surface area contributed by atoms with Crippen LogP contribution in [0.2, 0.25) is 0 Å². The zero-order valence-corrected chi connectivity index (χ0v) is 5.32. The van der Waals surface area contributed by atoms with Gasteiger partial charge in [0, 0.05) is 6.61 Å². The van der Waals surface area contributed by atoms with Crippen molar-refractivity contribution < 1.29 is 20.1 Å². The zero-order valence-electron chi connectivity index (χ0n) is 5.32. The van der Waals surface area contributed by atoms with Crippen LogP contribution in [0.3, 0.4) is 0 Å². The van der Waals surface area contributed by atoms with Crippen molar-refractivity contribution in [2.45, 2.75) is 19.3 Å². The largest absolute Gasteiger partial charge is 0.385 e. The van der Waals surface area contributed by atoms with E-state index in [4.69, 9.17) is 15.3 Å². The van der Waals surface area contributed by atoms with Gasteiger partial charge in [-0.15, -0.1) is 0 Å². The smallest absolute Gasteiger partial charge is 0.180 e. The lowest BCUT2D eigenvalue weighted by molar-refractivity contribution is -0.141. The van der Waals surface area contributed by atoms with Crippen molar-refractivity contribution in [2.75, 3.05) is 13.2 Å². The molecule has 0 aromatic carbocycles. The molecule has 0 rings (SSSR count). The highest BCUT2D eigenvalue weighted by Crippen LogP contribution is 1.89. The van der Waals surface area contributed by atoms with E-state index in [9.17, 15) is 0 Å². The van der Waals surface area contributed by atoms with Gasteiger partial charge in [0.05, 0.1) is 6.61 Å². The van der Waals surface area contributed by atoms with Crippen LogP contribution in [0.4, 0.5) is 0 Å². The molecule has 0 aliphatic heterocycles. The number of aliphatic hydroxyl groups is 3. The summed E-state index contributed by atoms with van der Waals surface area (Å²) in [5, 5.41) is 25.2. The number of hydrogen-bond donors (Lipinski definition) is 3. The summed E-state index contributed by atoms with van der Waals surface area (Å²) in [6, 6.07) is 0. The predicted molar refractivity (Wildman–Crippen MR) is 30.7 cm³/mol. The van der Waals surface area contributed by atoms with Crippen LogP contribution >= 0.6 is 0 Å². The standard InChI is InChI=1S/C5H12O4/c1-2-9-3-4(6)5(7)8/h4-8H,2-3H2,1H3. The molecule has 0 saturated heterocycles. The fraction of sp³-hybridized carbons (Fsp3) is 1.00. The van der Waals surface area contributed by atoms with Gasteiger partial charge in [-0.05, 0) is 6.92 Å². The topological polar surface area (TPSA) is 69.9 Å². The first-order valence-corrected chi connectivity index (χ1v) is 2.80. The summed E-state index contributed by atoms with van der Waals surface area (Å²) in [5.41, 5.74) is 0. The molecule has 9 heavy (non-hydrogen) atoms. The van der Waals surface area contributed by atoms with E-state index in [1.54, 1.807) is 6.92 Å². The van der Waals surface area contributed by atoms with Crippen molar-refractivity contribution in [1.29, 1.82) is 0 Å². The van der Waals surface area contributed by atoms with Crippen molar-refractivity contribution in [3.8, 4) is 0 Å². The molecule has 0 bridgehead atoms. The minimum absolute atomic E-state index is 0.0336. The molecule has 4 heteroatoms. The maximum Gasteiger partial charge on any atom is 0.180 e. The molecule has 0 aliphatic rings. The first-order valence-electron chi connectivity index (χ1n) is 2.80. The maximum absolute atomic E-state index is 8.63. The number of aliphatic hydroxyl groups excluding tert-OH is 2. The van der Waals surface area contributed by atoms with Crippen LogP contribution < -0.4 is 0 Å². The highest BCUT2D eigenvalue weighted by molar-refractivity contribution is 4.52. The van der Waals surface area contributed by atoms with E-state index in [-0.39, 0.29) is 6.61 Å². The Kier molecular flexibility index (Phi) is 4.61. The molecule has 0 saturated carbocycles. The van der Waals surface area contributed by atoms with Crippen LogP contribution in [0, 0.1) is 0 Å². The highest BCUT2D eigenvalue weighted by Gasteiger charge is 2.11. The van der Waals surface area contributed by atoms with Crippen LogP contribution in [-0.4, -0.2) is 40.9 Å². The molecule has 1 unspecified atom stereocenters. The third kappa shape index (κ3) is 4.35. The molecule has 3 N–H and O–H groups in total. The molecule has 4 nitrogen and oxygen atoms in total. The van der Waals surface area contributed by atoms with Crippen LogP contribution in [0.15, 0.2) is 0 Å². The van der Waals surface area contributed by atoms with Gasteiger partial charge in [0.2, 0.25) is 0 Å². The molecule has 56 valence electrons. The molecular weight excluding hydrogens is 124 g/mol. The van der Waals surface area contributed by atoms with Gasteiger partial charge in [0.1, 0.15) is 6.10 Å². The fourth-order valence-electron chi connectivity index (χ4n) is 0.325. The summed E-state index contributed by atoms with van der Waals surface area (Å²) in [5.74, 6) is 0. The van der Waals surface area contributed by atoms with Gasteiger partial charge in [0.25, 0.3) is 0 Å². The Hall–Kier alpha value is -0.160. The molecule has 0 fully saturated rings. The van der Waals surface area contributed by atoms with Crippen LogP contribution in [0.25, 0.3) is 0 Å². The third-order valence-corrected chi connectivity index (χ3v) is 0.837. The minimum atomic E-state index is -1.70. The molecule has 0 spiro atoms. The molecular formula is C5H12O4. The molecule has 0 aromatic rings. The van der Waals surface area contributed by atoms with Gasteiger partial charge in [0.15, 0.2) is 6.29 Å². The van der Waals surface area contributed by atoms with Crippen molar-refractivity contribution in [1.82, 2.24) is 0 Å². The van der Waals surface area contributed by atoms with Gasteiger partial charge >= 0.3 is 0 Å².